The van der Waals surface area contributed by atoms with E-state index in [1.165, 1.54) is 12.1 Å². The summed E-state index contributed by atoms with van der Waals surface area (Å²) in [5.74, 6) is -1.32. The van der Waals surface area contributed by atoms with Crippen LogP contribution in [0.25, 0.3) is 5.69 Å². The fourth-order valence-electron chi connectivity index (χ4n) is 1.58. The molecule has 2 aromatic rings. The molecule has 0 fully saturated rings. The third kappa shape index (κ3) is 2.89. The van der Waals surface area contributed by atoms with Gasteiger partial charge in [-0.3, -0.25) is 9.36 Å². The fraction of sp³-hybridized carbons (Fsp3) is 0.167. The number of rotatable bonds is 4. The number of aryl methyl sites for hydroxylation is 1. The summed E-state index contributed by atoms with van der Waals surface area (Å²) in [7, 11) is 0. The van der Waals surface area contributed by atoms with Gasteiger partial charge in [0.2, 0.25) is 0 Å². The quantitative estimate of drug-likeness (QED) is 0.864. The lowest BCUT2D eigenvalue weighted by Crippen LogP contribution is -2.01. The minimum Gasteiger partial charge on any atom is -0.481 e. The average Bonchev–Trinajstić information content (AvgIpc) is 2.72. The second kappa shape index (κ2) is 5.22. The van der Waals surface area contributed by atoms with Gasteiger partial charge in [-0.2, -0.15) is 0 Å². The fourth-order valence-corrected chi connectivity index (χ4v) is 2.27. The van der Waals surface area contributed by atoms with Gasteiger partial charge in [0.25, 0.3) is 0 Å². The Bertz CT molecular complexity index is 563. The number of benzene rings is 1. The van der Waals surface area contributed by atoms with Crippen molar-refractivity contribution in [3.63, 3.8) is 0 Å². The lowest BCUT2D eigenvalue weighted by Gasteiger charge is -2.07. The first kappa shape index (κ1) is 12.6. The number of halogens is 1. The van der Waals surface area contributed by atoms with Crippen molar-refractivity contribution in [1.82, 2.24) is 9.55 Å². The Morgan fingerprint density at radius 2 is 2.28 bits per heavy atom. The molecule has 94 valence electrons. The first-order valence-electron chi connectivity index (χ1n) is 5.22. The third-order valence-corrected chi connectivity index (χ3v) is 3.19. The standard InChI is InChI=1S/C12H11FN2O2S/c1-8-4-9(13)6-10(5-8)15-3-2-14-12(15)18-7-11(16)17/h2-6H,7H2,1H3,(H,16,17). The molecule has 0 saturated carbocycles. The molecule has 1 N–H and O–H groups in total. The van der Waals surface area contributed by atoms with Crippen molar-refractivity contribution in [3.05, 3.63) is 42.0 Å². The maximum absolute atomic E-state index is 13.3. The third-order valence-electron chi connectivity index (χ3n) is 2.24. The van der Waals surface area contributed by atoms with Crippen LogP contribution >= 0.6 is 11.8 Å². The van der Waals surface area contributed by atoms with Gasteiger partial charge >= 0.3 is 5.97 Å². The summed E-state index contributed by atoms with van der Waals surface area (Å²) in [6, 6.07) is 4.64. The largest absolute Gasteiger partial charge is 0.481 e. The van der Waals surface area contributed by atoms with Crippen molar-refractivity contribution < 1.29 is 14.3 Å². The van der Waals surface area contributed by atoms with Crippen LogP contribution in [0.5, 0.6) is 0 Å². The number of aliphatic carboxylic acids is 1. The van der Waals surface area contributed by atoms with E-state index in [1.807, 2.05) is 6.07 Å². The molecule has 0 aliphatic carbocycles. The minimum absolute atomic E-state index is 0.0781. The van der Waals surface area contributed by atoms with Crippen molar-refractivity contribution in [2.75, 3.05) is 5.75 Å². The maximum Gasteiger partial charge on any atom is 0.313 e. The van der Waals surface area contributed by atoms with Crippen LogP contribution in [0.3, 0.4) is 0 Å². The topological polar surface area (TPSA) is 55.1 Å². The van der Waals surface area contributed by atoms with E-state index in [2.05, 4.69) is 4.98 Å². The molecule has 1 aromatic heterocycles. The molecule has 6 heteroatoms. The van der Waals surface area contributed by atoms with Crippen LogP contribution in [0.4, 0.5) is 4.39 Å². The highest BCUT2D eigenvalue weighted by molar-refractivity contribution is 7.99. The number of imidazole rings is 1. The molecule has 4 nitrogen and oxygen atoms in total. The number of carboxylic acid groups (broad SMARTS) is 1. The van der Waals surface area contributed by atoms with Gasteiger partial charge in [-0.05, 0) is 30.7 Å². The van der Waals surface area contributed by atoms with Gasteiger partial charge in [0, 0.05) is 12.4 Å². The number of carboxylic acids is 1. The first-order valence-corrected chi connectivity index (χ1v) is 6.20. The highest BCUT2D eigenvalue weighted by Gasteiger charge is 2.09. The summed E-state index contributed by atoms with van der Waals surface area (Å²) < 4.78 is 15.0. The summed E-state index contributed by atoms with van der Waals surface area (Å²) in [5.41, 5.74) is 1.44. The number of carbonyl (C=O) groups is 1. The Kier molecular flexibility index (Phi) is 3.66. The van der Waals surface area contributed by atoms with E-state index in [4.69, 9.17) is 5.11 Å². The summed E-state index contributed by atoms with van der Waals surface area (Å²) in [6.45, 7) is 1.80. The normalized spacial score (nSPS) is 10.6. The van der Waals surface area contributed by atoms with Crippen molar-refractivity contribution in [3.8, 4) is 5.69 Å². The van der Waals surface area contributed by atoms with Crippen molar-refractivity contribution in [2.45, 2.75) is 12.1 Å². The zero-order valence-corrected chi connectivity index (χ0v) is 10.4. The minimum atomic E-state index is -0.912. The molecule has 0 aliphatic rings. The molecule has 0 aliphatic heterocycles. The monoisotopic (exact) mass is 266 g/mol. The summed E-state index contributed by atoms with van der Waals surface area (Å²) in [5, 5.41) is 9.17. The van der Waals surface area contributed by atoms with Crippen LogP contribution in [0.2, 0.25) is 0 Å². The smallest absolute Gasteiger partial charge is 0.313 e. The van der Waals surface area contributed by atoms with Gasteiger partial charge in [0.1, 0.15) is 5.82 Å². The summed E-state index contributed by atoms with van der Waals surface area (Å²) in [4.78, 5) is 14.6. The number of hydrogen-bond acceptors (Lipinski definition) is 3. The molecule has 0 bridgehead atoms. The molecule has 1 aromatic carbocycles. The molecule has 1 heterocycles. The van der Waals surface area contributed by atoms with Gasteiger partial charge < -0.3 is 5.11 Å². The van der Waals surface area contributed by atoms with E-state index in [0.717, 1.165) is 17.3 Å². The molecule has 0 atom stereocenters. The number of hydrogen-bond donors (Lipinski definition) is 1. The molecule has 0 spiro atoms. The molecule has 0 amide bonds. The lowest BCUT2D eigenvalue weighted by molar-refractivity contribution is -0.133. The Hall–Kier alpha value is -1.82. The van der Waals surface area contributed by atoms with Crippen LogP contribution in [-0.4, -0.2) is 26.4 Å². The van der Waals surface area contributed by atoms with Crippen molar-refractivity contribution >= 4 is 17.7 Å². The number of nitrogens with zero attached hydrogens (tertiary/aromatic N) is 2. The van der Waals surface area contributed by atoms with Gasteiger partial charge in [0.05, 0.1) is 11.4 Å². The maximum atomic E-state index is 13.3. The molecule has 0 saturated heterocycles. The predicted octanol–water partition coefficient (Wildman–Crippen LogP) is 2.50. The van der Waals surface area contributed by atoms with Crippen LogP contribution in [0.1, 0.15) is 5.56 Å². The summed E-state index contributed by atoms with van der Waals surface area (Å²) in [6.07, 6.45) is 3.24. The molecule has 2 rings (SSSR count). The van der Waals surface area contributed by atoms with E-state index in [1.54, 1.807) is 23.9 Å². The molecule has 0 radical (unpaired) electrons. The molecule has 18 heavy (non-hydrogen) atoms. The van der Waals surface area contributed by atoms with Gasteiger partial charge in [0.15, 0.2) is 5.16 Å². The van der Waals surface area contributed by atoms with Crippen LogP contribution < -0.4 is 0 Å². The van der Waals surface area contributed by atoms with Crippen LogP contribution in [0, 0.1) is 12.7 Å². The van der Waals surface area contributed by atoms with Crippen molar-refractivity contribution in [2.24, 2.45) is 0 Å². The average molecular weight is 266 g/mol. The number of thioether (sulfide) groups is 1. The highest BCUT2D eigenvalue weighted by atomic mass is 32.2. The molecular formula is C12H11FN2O2S. The number of aromatic nitrogens is 2. The van der Waals surface area contributed by atoms with Gasteiger partial charge in [-0.15, -0.1) is 0 Å². The Labute approximate surface area is 107 Å². The van der Waals surface area contributed by atoms with Gasteiger partial charge in [-0.1, -0.05) is 11.8 Å². The zero-order valence-electron chi connectivity index (χ0n) is 9.63. The van der Waals surface area contributed by atoms with E-state index in [-0.39, 0.29) is 11.6 Å². The summed E-state index contributed by atoms with van der Waals surface area (Å²) >= 11 is 1.10. The van der Waals surface area contributed by atoms with Gasteiger partial charge in [-0.25, -0.2) is 9.37 Å². The van der Waals surface area contributed by atoms with E-state index < -0.39 is 5.97 Å². The first-order chi connectivity index (χ1) is 8.56. The second-order valence-corrected chi connectivity index (χ2v) is 4.69. The van der Waals surface area contributed by atoms with Crippen LogP contribution in [-0.2, 0) is 4.79 Å². The van der Waals surface area contributed by atoms with Crippen molar-refractivity contribution in [1.29, 1.82) is 0 Å². The van der Waals surface area contributed by atoms with E-state index >= 15 is 0 Å². The molecular weight excluding hydrogens is 255 g/mol. The highest BCUT2D eigenvalue weighted by Crippen LogP contribution is 2.21. The Morgan fingerprint density at radius 3 is 2.94 bits per heavy atom. The van der Waals surface area contributed by atoms with E-state index in [9.17, 15) is 9.18 Å². The van der Waals surface area contributed by atoms with E-state index in [0.29, 0.717) is 10.8 Å². The molecule has 0 unspecified atom stereocenters. The predicted molar refractivity (Wildman–Crippen MR) is 66.6 cm³/mol. The zero-order chi connectivity index (χ0) is 13.1. The SMILES string of the molecule is Cc1cc(F)cc(-n2ccnc2SCC(=O)O)c1. The lowest BCUT2D eigenvalue weighted by atomic mass is 10.2. The Morgan fingerprint density at radius 1 is 1.50 bits per heavy atom. The van der Waals surface area contributed by atoms with Crippen LogP contribution in [0.15, 0.2) is 35.7 Å². The Balaban J connectivity index is 2.33. The second-order valence-electron chi connectivity index (χ2n) is 3.75.